The fourth-order valence-corrected chi connectivity index (χ4v) is 5.80. The van der Waals surface area contributed by atoms with Crippen molar-refractivity contribution in [1.29, 1.82) is 0 Å². The van der Waals surface area contributed by atoms with Crippen molar-refractivity contribution < 1.29 is 4.21 Å². The number of hydrogen-bond acceptors (Lipinski definition) is 3. The van der Waals surface area contributed by atoms with Gasteiger partial charge in [-0.25, -0.2) is 0 Å². The van der Waals surface area contributed by atoms with Crippen molar-refractivity contribution in [2.24, 2.45) is 0 Å². The fourth-order valence-electron chi connectivity index (χ4n) is 2.42. The zero-order valence-corrected chi connectivity index (χ0v) is 16.3. The van der Waals surface area contributed by atoms with Gasteiger partial charge in [0.05, 0.1) is 0 Å². The van der Waals surface area contributed by atoms with Gasteiger partial charge in [-0.1, -0.05) is 94.4 Å². The van der Waals surface area contributed by atoms with Gasteiger partial charge >= 0.3 is 0 Å². The van der Waals surface area contributed by atoms with Crippen LogP contribution >= 0.6 is 21.6 Å². The van der Waals surface area contributed by atoms with Crippen molar-refractivity contribution in [2.45, 2.75) is 22.2 Å². The lowest BCUT2D eigenvalue weighted by Gasteiger charge is -2.06. The Morgan fingerprint density at radius 2 is 1.28 bits per heavy atom. The fraction of sp³-hybridized carbons (Fsp3) is 0.143. The molecule has 0 saturated carbocycles. The Balaban J connectivity index is 1.51. The van der Waals surface area contributed by atoms with Crippen molar-refractivity contribution in [1.82, 2.24) is 0 Å². The first kappa shape index (κ1) is 18.3. The average molecular weight is 385 g/mol. The standard InChI is InChI=1S/C21H20OS3/c22-25(16-19-10-5-2-6-11-19)17-20-12-7-13-21(14-20)24-23-15-18-8-3-1-4-9-18/h1-14H,15-17H2. The van der Waals surface area contributed by atoms with Crippen LogP contribution in [0.2, 0.25) is 0 Å². The van der Waals surface area contributed by atoms with E-state index in [1.807, 2.05) is 47.2 Å². The molecule has 1 unspecified atom stereocenters. The molecule has 0 saturated heterocycles. The minimum Gasteiger partial charge on any atom is -0.259 e. The molecule has 3 aromatic rings. The molecule has 1 atom stereocenters. The highest BCUT2D eigenvalue weighted by Gasteiger charge is 2.05. The third-order valence-electron chi connectivity index (χ3n) is 3.62. The zero-order valence-electron chi connectivity index (χ0n) is 13.8. The summed E-state index contributed by atoms with van der Waals surface area (Å²) in [6.45, 7) is 0. The van der Waals surface area contributed by atoms with E-state index in [1.165, 1.54) is 10.5 Å². The topological polar surface area (TPSA) is 17.1 Å². The Kier molecular flexibility index (Phi) is 7.22. The van der Waals surface area contributed by atoms with Crippen LogP contribution in [0.5, 0.6) is 0 Å². The summed E-state index contributed by atoms with van der Waals surface area (Å²) in [4.78, 5) is 1.22. The normalized spacial score (nSPS) is 12.0. The molecule has 0 aromatic heterocycles. The van der Waals surface area contributed by atoms with E-state index in [4.69, 9.17) is 0 Å². The zero-order chi connectivity index (χ0) is 17.3. The van der Waals surface area contributed by atoms with E-state index in [-0.39, 0.29) is 0 Å². The first-order valence-corrected chi connectivity index (χ1v) is 11.9. The molecule has 25 heavy (non-hydrogen) atoms. The van der Waals surface area contributed by atoms with Gasteiger partial charge in [-0.3, -0.25) is 4.21 Å². The van der Waals surface area contributed by atoms with Crippen molar-refractivity contribution >= 4 is 32.4 Å². The highest BCUT2D eigenvalue weighted by atomic mass is 33.1. The van der Waals surface area contributed by atoms with Gasteiger partial charge in [0, 0.05) is 33.0 Å². The Morgan fingerprint density at radius 3 is 2.00 bits per heavy atom. The molecule has 0 amide bonds. The highest BCUT2D eigenvalue weighted by Crippen LogP contribution is 2.34. The molecule has 0 heterocycles. The maximum Gasteiger partial charge on any atom is 0.0489 e. The summed E-state index contributed by atoms with van der Waals surface area (Å²) in [7, 11) is 2.73. The van der Waals surface area contributed by atoms with Crippen LogP contribution < -0.4 is 0 Å². The van der Waals surface area contributed by atoms with Crippen LogP contribution in [0.1, 0.15) is 16.7 Å². The predicted octanol–water partition coefficient (Wildman–Crippen LogP) is 6.08. The third kappa shape index (κ3) is 6.38. The van der Waals surface area contributed by atoms with Crippen LogP contribution in [0, 0.1) is 0 Å². The second-order valence-corrected chi connectivity index (χ2v) is 9.52. The van der Waals surface area contributed by atoms with Crippen LogP contribution in [0.25, 0.3) is 0 Å². The summed E-state index contributed by atoms with van der Waals surface area (Å²) < 4.78 is 12.4. The molecule has 0 aliphatic heterocycles. The Morgan fingerprint density at radius 1 is 0.680 bits per heavy atom. The first-order chi connectivity index (χ1) is 12.3. The molecule has 0 spiro atoms. The third-order valence-corrected chi connectivity index (χ3v) is 7.23. The van der Waals surface area contributed by atoms with E-state index in [2.05, 4.69) is 48.5 Å². The van der Waals surface area contributed by atoms with Crippen molar-refractivity contribution in [3.63, 3.8) is 0 Å². The molecule has 4 heteroatoms. The molecule has 1 nitrogen and oxygen atoms in total. The molecule has 0 aliphatic rings. The van der Waals surface area contributed by atoms with Crippen LogP contribution in [-0.4, -0.2) is 4.21 Å². The molecule has 0 N–H and O–H groups in total. The molecule has 0 aliphatic carbocycles. The van der Waals surface area contributed by atoms with Gasteiger partial charge in [0.2, 0.25) is 0 Å². The number of benzene rings is 3. The summed E-state index contributed by atoms with van der Waals surface area (Å²) >= 11 is 0. The SMILES string of the molecule is O=S(Cc1ccccc1)Cc1cccc(SSCc2ccccc2)c1. The van der Waals surface area contributed by atoms with E-state index in [1.54, 1.807) is 10.8 Å². The predicted molar refractivity (Wildman–Crippen MR) is 112 cm³/mol. The molecular formula is C21H20OS3. The minimum atomic E-state index is -0.882. The number of rotatable bonds is 8. The molecule has 0 fully saturated rings. The van der Waals surface area contributed by atoms with Gasteiger partial charge in [-0.2, -0.15) is 0 Å². The van der Waals surface area contributed by atoms with E-state index in [9.17, 15) is 4.21 Å². The Labute approximate surface area is 160 Å². The second-order valence-electron chi connectivity index (χ2n) is 5.69. The summed E-state index contributed by atoms with van der Waals surface area (Å²) in [6, 6.07) is 28.9. The van der Waals surface area contributed by atoms with E-state index in [0.717, 1.165) is 16.9 Å². The molecule has 0 bridgehead atoms. The summed E-state index contributed by atoms with van der Waals surface area (Å²) in [5.74, 6) is 2.20. The molecule has 128 valence electrons. The Bertz CT molecular complexity index is 804. The van der Waals surface area contributed by atoms with Gasteiger partial charge < -0.3 is 0 Å². The van der Waals surface area contributed by atoms with Crippen LogP contribution in [0.3, 0.4) is 0 Å². The monoisotopic (exact) mass is 384 g/mol. The van der Waals surface area contributed by atoms with Gasteiger partial charge in [-0.15, -0.1) is 0 Å². The van der Waals surface area contributed by atoms with Crippen LogP contribution in [0.4, 0.5) is 0 Å². The lowest BCUT2D eigenvalue weighted by molar-refractivity contribution is 0.682. The van der Waals surface area contributed by atoms with E-state index in [0.29, 0.717) is 11.5 Å². The van der Waals surface area contributed by atoms with Gasteiger partial charge in [0.15, 0.2) is 0 Å². The lowest BCUT2D eigenvalue weighted by Crippen LogP contribution is -1.99. The minimum absolute atomic E-state index is 0.604. The molecule has 0 radical (unpaired) electrons. The van der Waals surface area contributed by atoms with Crippen molar-refractivity contribution in [3.05, 3.63) is 102 Å². The Hall–Kier alpha value is -1.49. The van der Waals surface area contributed by atoms with Crippen molar-refractivity contribution in [2.75, 3.05) is 0 Å². The lowest BCUT2D eigenvalue weighted by atomic mass is 10.2. The molecule has 3 aromatic carbocycles. The van der Waals surface area contributed by atoms with E-state index < -0.39 is 10.8 Å². The summed E-state index contributed by atoms with van der Waals surface area (Å²) in [5, 5.41) is 0. The van der Waals surface area contributed by atoms with Gasteiger partial charge in [0.25, 0.3) is 0 Å². The number of hydrogen-bond donors (Lipinski definition) is 0. The largest absolute Gasteiger partial charge is 0.259 e. The highest BCUT2D eigenvalue weighted by molar-refractivity contribution is 8.76. The summed E-state index contributed by atoms with van der Waals surface area (Å²) in [5.41, 5.74) is 3.60. The summed E-state index contributed by atoms with van der Waals surface area (Å²) in [6.07, 6.45) is 0. The first-order valence-electron chi connectivity index (χ1n) is 8.11. The quantitative estimate of drug-likeness (QED) is 0.438. The average Bonchev–Trinajstić information content (AvgIpc) is 2.64. The van der Waals surface area contributed by atoms with E-state index >= 15 is 0 Å². The van der Waals surface area contributed by atoms with Gasteiger partial charge in [-0.05, 0) is 28.8 Å². The maximum atomic E-state index is 12.4. The van der Waals surface area contributed by atoms with Gasteiger partial charge in [0.1, 0.15) is 0 Å². The second kappa shape index (κ2) is 9.85. The van der Waals surface area contributed by atoms with Crippen LogP contribution in [0.15, 0.2) is 89.8 Å². The van der Waals surface area contributed by atoms with Crippen molar-refractivity contribution in [3.8, 4) is 0 Å². The van der Waals surface area contributed by atoms with Crippen LogP contribution in [-0.2, 0) is 28.1 Å². The molecular weight excluding hydrogens is 364 g/mol. The maximum absolute atomic E-state index is 12.4. The molecule has 3 rings (SSSR count). The smallest absolute Gasteiger partial charge is 0.0489 e.